The Morgan fingerprint density at radius 2 is 2.00 bits per heavy atom. The van der Waals surface area contributed by atoms with Gasteiger partial charge in [-0.3, -0.25) is 4.90 Å². The molecular weight excluding hydrogens is 256 g/mol. The molecule has 0 spiro atoms. The lowest BCUT2D eigenvalue weighted by atomic mass is 9.88. The summed E-state index contributed by atoms with van der Waals surface area (Å²) in [6, 6.07) is 11.6. The van der Waals surface area contributed by atoms with Crippen LogP contribution in [-0.2, 0) is 0 Å². The zero-order chi connectivity index (χ0) is 14.9. The molecule has 2 aliphatic rings. The van der Waals surface area contributed by atoms with Crippen LogP contribution in [0.1, 0.15) is 51.6 Å². The number of benzene rings is 1. The Morgan fingerprint density at radius 1 is 1.29 bits per heavy atom. The van der Waals surface area contributed by atoms with Crippen LogP contribution in [0.15, 0.2) is 30.3 Å². The number of piperazine rings is 1. The van der Waals surface area contributed by atoms with Crippen molar-refractivity contribution >= 4 is 0 Å². The molecule has 0 bridgehead atoms. The van der Waals surface area contributed by atoms with Crippen LogP contribution in [0.25, 0.3) is 0 Å². The summed E-state index contributed by atoms with van der Waals surface area (Å²) in [5.74, 6) is 1.67. The maximum absolute atomic E-state index is 3.89. The fraction of sp³-hybridized carbons (Fsp3) is 0.684. The summed E-state index contributed by atoms with van der Waals surface area (Å²) in [6.45, 7) is 10.6. The molecule has 2 nitrogen and oxygen atoms in total. The van der Waals surface area contributed by atoms with Crippen LogP contribution in [0.3, 0.4) is 0 Å². The first-order valence-electron chi connectivity index (χ1n) is 8.66. The van der Waals surface area contributed by atoms with Gasteiger partial charge in [0.05, 0.1) is 0 Å². The lowest BCUT2D eigenvalue weighted by molar-refractivity contribution is 0.0622. The Bertz CT molecular complexity index is 454. The third-order valence-corrected chi connectivity index (χ3v) is 5.58. The van der Waals surface area contributed by atoms with Crippen LogP contribution in [0.4, 0.5) is 0 Å². The van der Waals surface area contributed by atoms with Crippen molar-refractivity contribution in [3.63, 3.8) is 0 Å². The quantitative estimate of drug-likeness (QED) is 0.884. The normalized spacial score (nSPS) is 32.0. The number of nitrogens with zero attached hydrogens (tertiary/aromatic N) is 1. The van der Waals surface area contributed by atoms with Crippen molar-refractivity contribution in [3.8, 4) is 0 Å². The van der Waals surface area contributed by atoms with E-state index >= 15 is 0 Å². The third kappa shape index (κ3) is 3.32. The van der Waals surface area contributed by atoms with E-state index in [-0.39, 0.29) is 0 Å². The second-order valence-corrected chi connectivity index (χ2v) is 7.44. The van der Waals surface area contributed by atoms with Gasteiger partial charge < -0.3 is 5.32 Å². The molecule has 21 heavy (non-hydrogen) atoms. The average Bonchev–Trinajstić information content (AvgIpc) is 3.33. The van der Waals surface area contributed by atoms with E-state index < -0.39 is 0 Å². The van der Waals surface area contributed by atoms with Gasteiger partial charge in [-0.05, 0) is 37.2 Å². The third-order valence-electron chi connectivity index (χ3n) is 5.58. The monoisotopic (exact) mass is 286 g/mol. The molecule has 3 atom stereocenters. The van der Waals surface area contributed by atoms with Gasteiger partial charge in [-0.25, -0.2) is 0 Å². The van der Waals surface area contributed by atoms with Gasteiger partial charge in [0.15, 0.2) is 0 Å². The van der Waals surface area contributed by atoms with Crippen LogP contribution in [0, 0.1) is 11.8 Å². The Kier molecular flexibility index (Phi) is 4.37. The minimum Gasteiger partial charge on any atom is -0.308 e. The van der Waals surface area contributed by atoms with E-state index in [0.717, 1.165) is 18.4 Å². The van der Waals surface area contributed by atoms with Crippen LogP contribution in [-0.4, -0.2) is 30.1 Å². The minimum absolute atomic E-state index is 0.332. The summed E-state index contributed by atoms with van der Waals surface area (Å²) in [6.07, 6.45) is 4.10. The van der Waals surface area contributed by atoms with Crippen LogP contribution < -0.4 is 5.32 Å². The standard InChI is InChI=1S/C19H30N2/c1-4-15(2)13-21-14-19(3,17-10-11-17)20-12-18(21)16-8-6-5-7-9-16/h5-9,15,17-18,20H,4,10-14H2,1-3H3. The molecule has 2 fully saturated rings. The van der Waals surface area contributed by atoms with Crippen molar-refractivity contribution < 1.29 is 0 Å². The van der Waals surface area contributed by atoms with Crippen LogP contribution in [0.5, 0.6) is 0 Å². The SMILES string of the molecule is CCC(C)CN1CC(C)(C2CC2)NCC1c1ccccc1. The molecule has 116 valence electrons. The molecule has 0 amide bonds. The molecule has 1 aliphatic heterocycles. The van der Waals surface area contributed by atoms with Crippen molar-refractivity contribution in [3.05, 3.63) is 35.9 Å². The van der Waals surface area contributed by atoms with E-state index in [1.54, 1.807) is 0 Å². The van der Waals surface area contributed by atoms with Gasteiger partial charge >= 0.3 is 0 Å². The van der Waals surface area contributed by atoms with Gasteiger partial charge in [-0.2, -0.15) is 0 Å². The molecule has 3 unspecified atom stereocenters. The number of hydrogen-bond donors (Lipinski definition) is 1. The zero-order valence-corrected chi connectivity index (χ0v) is 13.8. The highest BCUT2D eigenvalue weighted by atomic mass is 15.3. The van der Waals surface area contributed by atoms with Crippen LogP contribution in [0.2, 0.25) is 0 Å². The first-order valence-corrected chi connectivity index (χ1v) is 8.66. The first kappa shape index (κ1) is 15.1. The Labute approximate surface area is 129 Å². The fourth-order valence-corrected chi connectivity index (χ4v) is 3.77. The number of hydrogen-bond acceptors (Lipinski definition) is 2. The molecule has 1 aromatic carbocycles. The number of nitrogens with one attached hydrogen (secondary N) is 1. The van der Waals surface area contributed by atoms with E-state index in [1.165, 1.54) is 37.9 Å². The zero-order valence-electron chi connectivity index (χ0n) is 13.8. The van der Waals surface area contributed by atoms with Crippen molar-refractivity contribution in [2.75, 3.05) is 19.6 Å². The van der Waals surface area contributed by atoms with Gasteiger partial charge in [0.1, 0.15) is 0 Å². The molecule has 1 aliphatic carbocycles. The van der Waals surface area contributed by atoms with E-state index in [4.69, 9.17) is 0 Å². The van der Waals surface area contributed by atoms with Gasteiger partial charge in [-0.1, -0.05) is 50.6 Å². The molecule has 2 heteroatoms. The van der Waals surface area contributed by atoms with Crippen molar-refractivity contribution in [1.29, 1.82) is 0 Å². The van der Waals surface area contributed by atoms with Crippen molar-refractivity contribution in [2.45, 2.75) is 51.6 Å². The lowest BCUT2D eigenvalue weighted by Gasteiger charge is -2.47. The summed E-state index contributed by atoms with van der Waals surface area (Å²) in [4.78, 5) is 2.75. The topological polar surface area (TPSA) is 15.3 Å². The Morgan fingerprint density at radius 3 is 2.62 bits per heavy atom. The first-order chi connectivity index (χ1) is 10.1. The molecule has 1 aromatic rings. The summed E-state index contributed by atoms with van der Waals surface area (Å²) < 4.78 is 0. The summed E-state index contributed by atoms with van der Waals surface area (Å²) >= 11 is 0. The molecule has 0 aromatic heterocycles. The van der Waals surface area contributed by atoms with Gasteiger partial charge in [0.2, 0.25) is 0 Å². The van der Waals surface area contributed by atoms with E-state index in [0.29, 0.717) is 11.6 Å². The fourth-order valence-electron chi connectivity index (χ4n) is 3.77. The highest BCUT2D eigenvalue weighted by molar-refractivity contribution is 5.21. The van der Waals surface area contributed by atoms with Gasteiger partial charge in [0.25, 0.3) is 0 Å². The highest BCUT2D eigenvalue weighted by Gasteiger charge is 2.46. The smallest absolute Gasteiger partial charge is 0.0473 e. The summed E-state index contributed by atoms with van der Waals surface area (Å²) in [5.41, 5.74) is 1.80. The molecular formula is C19H30N2. The minimum atomic E-state index is 0.332. The maximum atomic E-state index is 3.89. The van der Waals surface area contributed by atoms with Gasteiger partial charge in [-0.15, -0.1) is 0 Å². The largest absolute Gasteiger partial charge is 0.308 e. The predicted octanol–water partition coefficient (Wildman–Crippen LogP) is 3.85. The Balaban J connectivity index is 1.78. The van der Waals surface area contributed by atoms with E-state index in [2.05, 4.69) is 61.3 Å². The molecule has 3 rings (SSSR count). The molecule has 1 N–H and O–H groups in total. The lowest BCUT2D eigenvalue weighted by Crippen LogP contribution is -2.61. The molecule has 0 radical (unpaired) electrons. The van der Waals surface area contributed by atoms with Gasteiger partial charge in [0, 0.05) is 31.2 Å². The predicted molar refractivity (Wildman–Crippen MR) is 89.3 cm³/mol. The second-order valence-electron chi connectivity index (χ2n) is 7.44. The second kappa shape index (κ2) is 6.10. The summed E-state index contributed by atoms with van der Waals surface area (Å²) in [5, 5.41) is 3.89. The summed E-state index contributed by atoms with van der Waals surface area (Å²) in [7, 11) is 0. The Hall–Kier alpha value is -0.860. The highest BCUT2D eigenvalue weighted by Crippen LogP contribution is 2.43. The maximum Gasteiger partial charge on any atom is 0.0473 e. The van der Waals surface area contributed by atoms with Crippen molar-refractivity contribution in [2.24, 2.45) is 11.8 Å². The van der Waals surface area contributed by atoms with Crippen molar-refractivity contribution in [1.82, 2.24) is 10.2 Å². The molecule has 1 saturated heterocycles. The number of rotatable bonds is 5. The molecule has 1 saturated carbocycles. The van der Waals surface area contributed by atoms with E-state index in [9.17, 15) is 0 Å². The average molecular weight is 286 g/mol. The van der Waals surface area contributed by atoms with E-state index in [1.807, 2.05) is 0 Å². The van der Waals surface area contributed by atoms with Crippen LogP contribution >= 0.6 is 0 Å². The molecule has 1 heterocycles.